The molecule has 15 heavy (non-hydrogen) atoms. The van der Waals surface area contributed by atoms with E-state index in [2.05, 4.69) is 0 Å². The maximum absolute atomic E-state index is 12.1. The van der Waals surface area contributed by atoms with Crippen LogP contribution in [0.1, 0.15) is 38.5 Å². The number of nitrogens with two attached hydrogens (primary N) is 1. The molecule has 2 aliphatic rings. The molecule has 0 atom stereocenters. The van der Waals surface area contributed by atoms with Crippen LogP contribution in [0.4, 0.5) is 0 Å². The Morgan fingerprint density at radius 3 is 2.33 bits per heavy atom. The summed E-state index contributed by atoms with van der Waals surface area (Å²) in [5.74, 6) is 0.104. The van der Waals surface area contributed by atoms with Crippen molar-refractivity contribution in [2.24, 2.45) is 5.73 Å². The van der Waals surface area contributed by atoms with Crippen molar-refractivity contribution in [3.63, 3.8) is 0 Å². The molecule has 0 aromatic carbocycles. The fourth-order valence-electron chi connectivity index (χ4n) is 2.60. The second kappa shape index (κ2) is 4.10. The summed E-state index contributed by atoms with van der Waals surface area (Å²) in [6.45, 7) is 1.33. The molecule has 0 spiro atoms. The average Bonchev–Trinajstić information content (AvgIpc) is 2.67. The van der Waals surface area contributed by atoms with Crippen molar-refractivity contribution in [1.29, 1.82) is 0 Å². The minimum absolute atomic E-state index is 0.104. The Kier molecular flexibility index (Phi) is 2.98. The van der Waals surface area contributed by atoms with Crippen LogP contribution in [0.2, 0.25) is 0 Å². The summed E-state index contributed by atoms with van der Waals surface area (Å²) in [5.41, 5.74) is 5.52. The molecule has 1 saturated carbocycles. The monoisotopic (exact) mass is 212 g/mol. The van der Waals surface area contributed by atoms with Crippen molar-refractivity contribution in [3.8, 4) is 0 Å². The highest BCUT2D eigenvalue weighted by Crippen LogP contribution is 2.29. The van der Waals surface area contributed by atoms with Crippen LogP contribution in [0, 0.1) is 0 Å². The normalized spacial score (nSPS) is 26.9. The molecule has 1 aliphatic carbocycles. The van der Waals surface area contributed by atoms with Gasteiger partial charge in [-0.2, -0.15) is 0 Å². The zero-order valence-corrected chi connectivity index (χ0v) is 9.11. The van der Waals surface area contributed by atoms with Gasteiger partial charge in [0.15, 0.2) is 0 Å². The summed E-state index contributed by atoms with van der Waals surface area (Å²) >= 11 is 0. The van der Waals surface area contributed by atoms with Gasteiger partial charge in [-0.05, 0) is 25.7 Å². The van der Waals surface area contributed by atoms with Crippen molar-refractivity contribution in [2.75, 3.05) is 13.1 Å². The van der Waals surface area contributed by atoms with E-state index in [1.54, 1.807) is 0 Å². The minimum Gasteiger partial charge on any atom is -0.393 e. The summed E-state index contributed by atoms with van der Waals surface area (Å²) in [4.78, 5) is 14.0. The molecular weight excluding hydrogens is 192 g/mol. The SMILES string of the molecule is NC1(C(=O)N2CCC(O)CC2)CCCC1. The van der Waals surface area contributed by atoms with Crippen molar-refractivity contribution < 1.29 is 9.90 Å². The van der Waals surface area contributed by atoms with Crippen molar-refractivity contribution >= 4 is 5.91 Å². The first-order chi connectivity index (χ1) is 7.12. The summed E-state index contributed by atoms with van der Waals surface area (Å²) in [6.07, 6.45) is 4.95. The lowest BCUT2D eigenvalue weighted by Gasteiger charge is -2.35. The number of likely N-dealkylation sites (tertiary alicyclic amines) is 1. The van der Waals surface area contributed by atoms with Gasteiger partial charge in [0.1, 0.15) is 0 Å². The molecule has 3 N–H and O–H groups in total. The molecule has 2 rings (SSSR count). The Bertz CT molecular complexity index is 241. The van der Waals surface area contributed by atoms with Gasteiger partial charge in [-0.3, -0.25) is 4.79 Å². The van der Waals surface area contributed by atoms with Crippen LogP contribution >= 0.6 is 0 Å². The highest BCUT2D eigenvalue weighted by atomic mass is 16.3. The van der Waals surface area contributed by atoms with E-state index in [1.165, 1.54) is 0 Å². The molecule has 1 heterocycles. The number of rotatable bonds is 1. The fraction of sp³-hybridized carbons (Fsp3) is 0.909. The van der Waals surface area contributed by atoms with Crippen LogP contribution in [0.15, 0.2) is 0 Å². The van der Waals surface area contributed by atoms with Gasteiger partial charge in [-0.1, -0.05) is 12.8 Å². The number of piperidine rings is 1. The maximum atomic E-state index is 12.1. The number of amides is 1. The molecule has 0 aromatic heterocycles. The smallest absolute Gasteiger partial charge is 0.242 e. The van der Waals surface area contributed by atoms with E-state index in [0.29, 0.717) is 25.9 Å². The van der Waals surface area contributed by atoms with Gasteiger partial charge < -0.3 is 15.7 Å². The first-order valence-electron chi connectivity index (χ1n) is 5.88. The zero-order valence-electron chi connectivity index (χ0n) is 9.11. The molecule has 86 valence electrons. The summed E-state index contributed by atoms with van der Waals surface area (Å²) in [7, 11) is 0. The van der Waals surface area contributed by atoms with Crippen LogP contribution < -0.4 is 5.73 Å². The van der Waals surface area contributed by atoms with Crippen molar-refractivity contribution in [3.05, 3.63) is 0 Å². The van der Waals surface area contributed by atoms with Crippen LogP contribution in [0.25, 0.3) is 0 Å². The van der Waals surface area contributed by atoms with E-state index in [-0.39, 0.29) is 12.0 Å². The zero-order chi connectivity index (χ0) is 10.9. The molecule has 1 aliphatic heterocycles. The van der Waals surface area contributed by atoms with Crippen LogP contribution in [0.3, 0.4) is 0 Å². The Labute approximate surface area is 90.4 Å². The molecule has 0 unspecified atom stereocenters. The standard InChI is InChI=1S/C11H20N2O2/c12-11(5-1-2-6-11)10(15)13-7-3-9(14)4-8-13/h9,14H,1-8,12H2. The van der Waals surface area contributed by atoms with Gasteiger partial charge in [0.2, 0.25) is 5.91 Å². The van der Waals surface area contributed by atoms with Gasteiger partial charge in [0.05, 0.1) is 11.6 Å². The molecule has 2 fully saturated rings. The predicted octanol–water partition coefficient (Wildman–Crippen LogP) is 0.241. The van der Waals surface area contributed by atoms with Gasteiger partial charge >= 0.3 is 0 Å². The van der Waals surface area contributed by atoms with Crippen molar-refractivity contribution in [1.82, 2.24) is 4.90 Å². The Morgan fingerprint density at radius 1 is 1.27 bits per heavy atom. The summed E-state index contributed by atoms with van der Waals surface area (Å²) < 4.78 is 0. The largest absolute Gasteiger partial charge is 0.393 e. The number of aliphatic hydroxyl groups excluding tert-OH is 1. The Morgan fingerprint density at radius 2 is 1.80 bits per heavy atom. The number of hydrogen-bond donors (Lipinski definition) is 2. The fourth-order valence-corrected chi connectivity index (χ4v) is 2.60. The van der Waals surface area contributed by atoms with E-state index in [4.69, 9.17) is 5.73 Å². The van der Waals surface area contributed by atoms with Gasteiger partial charge in [0.25, 0.3) is 0 Å². The molecule has 0 radical (unpaired) electrons. The first kappa shape index (κ1) is 10.9. The lowest BCUT2D eigenvalue weighted by molar-refractivity contribution is -0.138. The number of aliphatic hydroxyl groups is 1. The summed E-state index contributed by atoms with van der Waals surface area (Å²) in [6, 6.07) is 0. The highest BCUT2D eigenvalue weighted by molar-refractivity contribution is 5.86. The number of carbonyl (C=O) groups excluding carboxylic acids is 1. The minimum atomic E-state index is -0.595. The third-order valence-corrected chi connectivity index (χ3v) is 3.67. The number of nitrogens with zero attached hydrogens (tertiary/aromatic N) is 1. The molecule has 0 aromatic rings. The lowest BCUT2D eigenvalue weighted by atomic mass is 9.95. The van der Waals surface area contributed by atoms with Gasteiger partial charge in [-0.25, -0.2) is 0 Å². The van der Waals surface area contributed by atoms with Gasteiger partial charge in [-0.15, -0.1) is 0 Å². The third-order valence-electron chi connectivity index (χ3n) is 3.67. The molecule has 1 saturated heterocycles. The van der Waals surface area contributed by atoms with Crippen LogP contribution in [-0.4, -0.2) is 40.6 Å². The molecule has 4 nitrogen and oxygen atoms in total. The quantitative estimate of drug-likeness (QED) is 0.654. The number of carbonyl (C=O) groups is 1. The second-order valence-electron chi connectivity index (χ2n) is 4.89. The van der Waals surface area contributed by atoms with E-state index < -0.39 is 5.54 Å². The van der Waals surface area contributed by atoms with Crippen molar-refractivity contribution in [2.45, 2.75) is 50.2 Å². The first-order valence-corrected chi connectivity index (χ1v) is 5.88. The molecule has 1 amide bonds. The molecule has 4 heteroatoms. The maximum Gasteiger partial charge on any atom is 0.242 e. The molecule has 0 bridgehead atoms. The third kappa shape index (κ3) is 2.16. The topological polar surface area (TPSA) is 66.6 Å². The predicted molar refractivity (Wildman–Crippen MR) is 57.2 cm³/mol. The van der Waals surface area contributed by atoms with E-state index in [9.17, 15) is 9.90 Å². The highest BCUT2D eigenvalue weighted by Gasteiger charge is 2.40. The molecular formula is C11H20N2O2. The van der Waals surface area contributed by atoms with E-state index >= 15 is 0 Å². The van der Waals surface area contributed by atoms with Crippen LogP contribution in [0.5, 0.6) is 0 Å². The van der Waals surface area contributed by atoms with E-state index in [1.807, 2.05) is 4.90 Å². The van der Waals surface area contributed by atoms with Crippen LogP contribution in [-0.2, 0) is 4.79 Å². The average molecular weight is 212 g/mol. The number of hydrogen-bond acceptors (Lipinski definition) is 3. The van der Waals surface area contributed by atoms with Gasteiger partial charge in [0, 0.05) is 13.1 Å². The lowest BCUT2D eigenvalue weighted by Crippen LogP contribution is -2.55. The summed E-state index contributed by atoms with van der Waals surface area (Å²) in [5, 5.41) is 9.37. The Hall–Kier alpha value is -0.610. The Balaban J connectivity index is 1.95. The van der Waals surface area contributed by atoms with E-state index in [0.717, 1.165) is 25.7 Å². The second-order valence-corrected chi connectivity index (χ2v) is 4.89.